The van der Waals surface area contributed by atoms with Crippen molar-refractivity contribution in [2.45, 2.75) is 27.3 Å². The van der Waals surface area contributed by atoms with Crippen LogP contribution in [0.3, 0.4) is 0 Å². The lowest BCUT2D eigenvalue weighted by atomic mass is 10.2. The third-order valence-corrected chi connectivity index (χ3v) is 2.13. The van der Waals surface area contributed by atoms with E-state index in [1.54, 1.807) is 0 Å². The number of thiocarbonyl (C=S) groups is 1. The maximum absolute atomic E-state index is 5.56. The van der Waals surface area contributed by atoms with Crippen LogP contribution < -0.4 is 5.73 Å². The first kappa shape index (κ1) is 9.19. The maximum Gasteiger partial charge on any atom is 0.107 e. The summed E-state index contributed by atoms with van der Waals surface area (Å²) < 4.78 is 1.91. The van der Waals surface area contributed by atoms with Gasteiger partial charge in [0.05, 0.1) is 11.3 Å². The Kier molecular flexibility index (Phi) is 2.47. The van der Waals surface area contributed by atoms with Crippen LogP contribution in [-0.2, 0) is 6.54 Å². The van der Waals surface area contributed by atoms with Crippen molar-refractivity contribution in [3.05, 3.63) is 17.0 Å². The molecule has 0 spiro atoms. The third kappa shape index (κ3) is 1.34. The highest BCUT2D eigenvalue weighted by molar-refractivity contribution is 7.80. The lowest BCUT2D eigenvalue weighted by Crippen LogP contribution is -2.12. The van der Waals surface area contributed by atoms with Crippen molar-refractivity contribution in [2.24, 2.45) is 5.73 Å². The summed E-state index contributed by atoms with van der Waals surface area (Å²) in [7, 11) is 0. The van der Waals surface area contributed by atoms with Crippen molar-refractivity contribution in [3.63, 3.8) is 0 Å². The first-order valence-electron chi connectivity index (χ1n) is 3.91. The Morgan fingerprint density at radius 1 is 1.58 bits per heavy atom. The molecule has 0 aliphatic carbocycles. The van der Waals surface area contributed by atoms with E-state index in [0.717, 1.165) is 23.5 Å². The topological polar surface area (TPSA) is 43.8 Å². The molecule has 2 N–H and O–H groups in total. The van der Waals surface area contributed by atoms with E-state index in [1.807, 2.05) is 25.5 Å². The zero-order valence-electron chi connectivity index (χ0n) is 7.59. The van der Waals surface area contributed by atoms with Gasteiger partial charge in [-0.25, -0.2) is 0 Å². The Morgan fingerprint density at radius 3 is 2.42 bits per heavy atom. The first-order valence-corrected chi connectivity index (χ1v) is 4.32. The highest BCUT2D eigenvalue weighted by Crippen LogP contribution is 2.12. The predicted molar refractivity (Wildman–Crippen MR) is 53.3 cm³/mol. The number of rotatable bonds is 2. The Hall–Kier alpha value is -0.900. The summed E-state index contributed by atoms with van der Waals surface area (Å²) in [6.45, 7) is 6.81. The molecular formula is C8H13N3S. The Balaban J connectivity index is 3.28. The van der Waals surface area contributed by atoms with Gasteiger partial charge in [-0.3, -0.25) is 4.68 Å². The third-order valence-electron chi connectivity index (χ3n) is 1.93. The van der Waals surface area contributed by atoms with E-state index in [0.29, 0.717) is 4.99 Å². The second kappa shape index (κ2) is 3.23. The fourth-order valence-electron chi connectivity index (χ4n) is 1.36. The van der Waals surface area contributed by atoms with Gasteiger partial charge in [0.15, 0.2) is 0 Å². The summed E-state index contributed by atoms with van der Waals surface area (Å²) in [4.78, 5) is 0.435. The van der Waals surface area contributed by atoms with Crippen LogP contribution in [0.2, 0.25) is 0 Å². The predicted octanol–water partition coefficient (Wildman–Crippen LogP) is 1.15. The van der Waals surface area contributed by atoms with Crippen molar-refractivity contribution in [1.82, 2.24) is 9.78 Å². The van der Waals surface area contributed by atoms with E-state index in [1.165, 1.54) is 0 Å². The molecule has 0 unspecified atom stereocenters. The van der Waals surface area contributed by atoms with E-state index in [9.17, 15) is 0 Å². The summed E-state index contributed by atoms with van der Waals surface area (Å²) in [5.41, 5.74) is 8.46. The molecule has 0 amide bonds. The maximum atomic E-state index is 5.56. The summed E-state index contributed by atoms with van der Waals surface area (Å²) in [5.74, 6) is 0. The molecule has 0 bridgehead atoms. The van der Waals surface area contributed by atoms with Gasteiger partial charge in [0.2, 0.25) is 0 Å². The van der Waals surface area contributed by atoms with Crippen LogP contribution in [0.4, 0.5) is 0 Å². The van der Waals surface area contributed by atoms with Gasteiger partial charge >= 0.3 is 0 Å². The van der Waals surface area contributed by atoms with Crippen molar-refractivity contribution in [3.8, 4) is 0 Å². The molecule has 1 aromatic rings. The second-order valence-corrected chi connectivity index (χ2v) is 3.17. The quantitative estimate of drug-likeness (QED) is 0.700. The lowest BCUT2D eigenvalue weighted by molar-refractivity contribution is 0.634. The van der Waals surface area contributed by atoms with Gasteiger partial charge in [0, 0.05) is 12.2 Å². The summed E-state index contributed by atoms with van der Waals surface area (Å²) in [5, 5.41) is 4.30. The van der Waals surface area contributed by atoms with Gasteiger partial charge in [-0.2, -0.15) is 5.10 Å². The van der Waals surface area contributed by atoms with E-state index in [-0.39, 0.29) is 0 Å². The summed E-state index contributed by atoms with van der Waals surface area (Å²) >= 11 is 4.92. The molecule has 3 nitrogen and oxygen atoms in total. The van der Waals surface area contributed by atoms with Crippen molar-refractivity contribution in [2.75, 3.05) is 0 Å². The Morgan fingerprint density at radius 2 is 2.17 bits per heavy atom. The number of nitrogens with zero attached hydrogens (tertiary/aromatic N) is 2. The molecule has 12 heavy (non-hydrogen) atoms. The minimum Gasteiger partial charge on any atom is -0.389 e. The lowest BCUT2D eigenvalue weighted by Gasteiger charge is -1.99. The van der Waals surface area contributed by atoms with Crippen LogP contribution in [0.5, 0.6) is 0 Å². The molecule has 0 aromatic carbocycles. The number of nitrogens with two attached hydrogens (primary N) is 1. The zero-order valence-corrected chi connectivity index (χ0v) is 8.40. The molecule has 4 heteroatoms. The van der Waals surface area contributed by atoms with E-state index < -0.39 is 0 Å². The van der Waals surface area contributed by atoms with Gasteiger partial charge in [0.1, 0.15) is 4.99 Å². The monoisotopic (exact) mass is 183 g/mol. The minimum atomic E-state index is 0.435. The van der Waals surface area contributed by atoms with Crippen molar-refractivity contribution < 1.29 is 0 Å². The average molecular weight is 183 g/mol. The molecule has 0 atom stereocenters. The smallest absolute Gasteiger partial charge is 0.107 e. The SMILES string of the molecule is CCn1nc(C)c(C(N)=S)c1C. The minimum absolute atomic E-state index is 0.435. The average Bonchev–Trinajstić information content (AvgIpc) is 2.25. The van der Waals surface area contributed by atoms with Crippen molar-refractivity contribution in [1.29, 1.82) is 0 Å². The molecule has 66 valence electrons. The molecular weight excluding hydrogens is 170 g/mol. The van der Waals surface area contributed by atoms with Crippen LogP contribution in [0, 0.1) is 13.8 Å². The zero-order chi connectivity index (χ0) is 9.30. The van der Waals surface area contributed by atoms with Crippen LogP contribution in [0.15, 0.2) is 0 Å². The van der Waals surface area contributed by atoms with E-state index in [2.05, 4.69) is 5.10 Å². The number of hydrogen-bond donors (Lipinski definition) is 1. The highest BCUT2D eigenvalue weighted by Gasteiger charge is 2.11. The summed E-state index contributed by atoms with van der Waals surface area (Å²) in [6, 6.07) is 0. The molecule has 0 aliphatic heterocycles. The largest absolute Gasteiger partial charge is 0.389 e. The molecule has 1 rings (SSSR count). The molecule has 0 fully saturated rings. The molecule has 1 heterocycles. The van der Waals surface area contributed by atoms with Crippen molar-refractivity contribution >= 4 is 17.2 Å². The molecule has 0 saturated heterocycles. The highest BCUT2D eigenvalue weighted by atomic mass is 32.1. The van der Waals surface area contributed by atoms with Crippen LogP contribution >= 0.6 is 12.2 Å². The van der Waals surface area contributed by atoms with E-state index >= 15 is 0 Å². The first-order chi connectivity index (χ1) is 5.57. The fraction of sp³-hybridized carbons (Fsp3) is 0.500. The van der Waals surface area contributed by atoms with Gasteiger partial charge in [-0.05, 0) is 20.8 Å². The Labute approximate surface area is 77.6 Å². The second-order valence-electron chi connectivity index (χ2n) is 2.73. The van der Waals surface area contributed by atoms with Gasteiger partial charge in [0.25, 0.3) is 0 Å². The van der Waals surface area contributed by atoms with Gasteiger partial charge < -0.3 is 5.73 Å². The summed E-state index contributed by atoms with van der Waals surface area (Å²) in [6.07, 6.45) is 0. The van der Waals surface area contributed by atoms with E-state index in [4.69, 9.17) is 18.0 Å². The Bertz CT molecular complexity index is 314. The molecule has 0 aliphatic rings. The van der Waals surface area contributed by atoms with Crippen LogP contribution in [0.25, 0.3) is 0 Å². The van der Waals surface area contributed by atoms with Gasteiger partial charge in [-0.15, -0.1) is 0 Å². The number of aromatic nitrogens is 2. The number of hydrogen-bond acceptors (Lipinski definition) is 2. The van der Waals surface area contributed by atoms with Crippen LogP contribution in [0.1, 0.15) is 23.9 Å². The molecule has 1 aromatic heterocycles. The molecule has 0 radical (unpaired) electrons. The van der Waals surface area contributed by atoms with Crippen LogP contribution in [-0.4, -0.2) is 14.8 Å². The number of aryl methyl sites for hydroxylation is 2. The standard InChI is InChI=1S/C8H13N3S/c1-4-11-6(3)7(8(9)12)5(2)10-11/h4H2,1-3H3,(H2,9,12). The van der Waals surface area contributed by atoms with Gasteiger partial charge in [-0.1, -0.05) is 12.2 Å². The normalized spacial score (nSPS) is 10.2. The molecule has 0 saturated carbocycles. The fourth-order valence-corrected chi connectivity index (χ4v) is 1.66.